The summed E-state index contributed by atoms with van der Waals surface area (Å²) in [5, 5.41) is 2.63. The van der Waals surface area contributed by atoms with Crippen LogP contribution in [0.2, 0.25) is 0 Å². The quantitative estimate of drug-likeness (QED) is 0.818. The normalized spacial score (nSPS) is 17.1. The largest absolute Gasteiger partial charge is 0.434 e. The smallest absolute Gasteiger partial charge is 0.387 e. The van der Waals surface area contributed by atoms with Crippen LogP contribution in [0.25, 0.3) is 0 Å². The summed E-state index contributed by atoms with van der Waals surface area (Å²) < 4.78 is 29.4. The van der Waals surface area contributed by atoms with Crippen LogP contribution in [0.1, 0.15) is 11.1 Å². The minimum absolute atomic E-state index is 0.0513. The Balaban J connectivity index is 1.73. The molecule has 1 atom stereocenters. The second-order valence-corrected chi connectivity index (χ2v) is 5.60. The number of amides is 3. The van der Waals surface area contributed by atoms with Crippen molar-refractivity contribution >= 4 is 11.9 Å². The van der Waals surface area contributed by atoms with E-state index in [-0.39, 0.29) is 18.2 Å². The molecule has 0 bridgehead atoms. The predicted octanol–water partition coefficient (Wildman–Crippen LogP) is 2.95. The molecule has 3 rings (SSSR count). The zero-order valence-electron chi connectivity index (χ0n) is 13.2. The lowest BCUT2D eigenvalue weighted by Gasteiger charge is -2.16. The van der Waals surface area contributed by atoms with Crippen molar-refractivity contribution < 1.29 is 23.1 Å². The van der Waals surface area contributed by atoms with Gasteiger partial charge in [-0.05, 0) is 11.6 Å². The molecule has 0 radical (unpaired) electrons. The Morgan fingerprint density at radius 3 is 2.44 bits per heavy atom. The number of hydrogen-bond acceptors (Lipinski definition) is 3. The highest BCUT2D eigenvalue weighted by atomic mass is 19.3. The minimum Gasteiger partial charge on any atom is -0.434 e. The summed E-state index contributed by atoms with van der Waals surface area (Å²) in [4.78, 5) is 25.7. The Morgan fingerprint density at radius 1 is 1.04 bits per heavy atom. The number of halogens is 2. The molecule has 1 saturated heterocycles. The van der Waals surface area contributed by atoms with Crippen molar-refractivity contribution in [3.63, 3.8) is 0 Å². The number of carbonyl (C=O) groups excluding carboxylic acids is 2. The molecule has 1 unspecified atom stereocenters. The van der Waals surface area contributed by atoms with Gasteiger partial charge in [0.15, 0.2) is 0 Å². The maximum Gasteiger partial charge on any atom is 0.387 e. The van der Waals surface area contributed by atoms with E-state index in [1.807, 2.05) is 30.3 Å². The summed E-state index contributed by atoms with van der Waals surface area (Å²) in [6, 6.07) is 14.2. The van der Waals surface area contributed by atoms with Gasteiger partial charge in [0, 0.05) is 12.0 Å². The molecule has 3 amide bonds. The van der Waals surface area contributed by atoms with E-state index in [1.54, 1.807) is 18.2 Å². The molecule has 1 N–H and O–H groups in total. The average molecular weight is 346 g/mol. The summed E-state index contributed by atoms with van der Waals surface area (Å²) in [7, 11) is 0. The Labute approximate surface area is 143 Å². The van der Waals surface area contributed by atoms with Crippen LogP contribution in [0.3, 0.4) is 0 Å². The van der Waals surface area contributed by atoms with Crippen LogP contribution in [0.4, 0.5) is 13.6 Å². The lowest BCUT2D eigenvalue weighted by molar-refractivity contribution is -0.127. The van der Waals surface area contributed by atoms with Crippen LogP contribution in [-0.4, -0.2) is 29.5 Å². The number of carbonyl (C=O) groups is 2. The molecule has 1 fully saturated rings. The van der Waals surface area contributed by atoms with Crippen molar-refractivity contribution in [3.8, 4) is 5.75 Å². The first-order valence-corrected chi connectivity index (χ1v) is 7.73. The summed E-state index contributed by atoms with van der Waals surface area (Å²) in [5.74, 6) is -0.440. The van der Waals surface area contributed by atoms with E-state index in [1.165, 1.54) is 6.07 Å². The number of benzene rings is 2. The predicted molar refractivity (Wildman–Crippen MR) is 86.1 cm³/mol. The Morgan fingerprint density at radius 2 is 1.72 bits per heavy atom. The standard InChI is InChI=1S/C18H16F2N2O3/c19-17(20)25-15-9-5-4-8-13(15)11-22-16(23)14(21-18(22)24)10-12-6-2-1-3-7-12/h1-9,14,17H,10-11H2,(H,21,24). The number of para-hydroxylation sites is 1. The van der Waals surface area contributed by atoms with Gasteiger partial charge in [-0.15, -0.1) is 0 Å². The number of nitrogens with one attached hydrogen (secondary N) is 1. The summed E-state index contributed by atoms with van der Waals surface area (Å²) in [5.41, 5.74) is 1.26. The number of urea groups is 1. The van der Waals surface area contributed by atoms with Gasteiger partial charge >= 0.3 is 12.6 Å². The fraction of sp³-hybridized carbons (Fsp3) is 0.222. The highest BCUT2D eigenvalue weighted by Gasteiger charge is 2.38. The molecule has 0 spiro atoms. The molecule has 1 aliphatic rings. The number of hydrogen-bond donors (Lipinski definition) is 1. The van der Waals surface area contributed by atoms with E-state index >= 15 is 0 Å². The van der Waals surface area contributed by atoms with Crippen molar-refractivity contribution in [2.45, 2.75) is 25.6 Å². The molecular formula is C18H16F2N2O3. The lowest BCUT2D eigenvalue weighted by atomic mass is 10.1. The van der Waals surface area contributed by atoms with E-state index in [0.29, 0.717) is 12.0 Å². The molecule has 25 heavy (non-hydrogen) atoms. The third kappa shape index (κ3) is 3.93. The van der Waals surface area contributed by atoms with Crippen LogP contribution in [0.5, 0.6) is 5.75 Å². The molecule has 5 nitrogen and oxygen atoms in total. The van der Waals surface area contributed by atoms with Crippen LogP contribution in [0, 0.1) is 0 Å². The van der Waals surface area contributed by atoms with E-state index in [4.69, 9.17) is 0 Å². The van der Waals surface area contributed by atoms with Crippen molar-refractivity contribution in [2.24, 2.45) is 0 Å². The third-order valence-corrected chi connectivity index (χ3v) is 3.91. The first kappa shape index (κ1) is 16.9. The fourth-order valence-electron chi connectivity index (χ4n) is 2.73. The van der Waals surface area contributed by atoms with Crippen molar-refractivity contribution in [2.75, 3.05) is 0 Å². The molecule has 0 aromatic heterocycles. The maximum absolute atomic E-state index is 12.5. The number of nitrogens with zero attached hydrogens (tertiary/aromatic N) is 1. The SMILES string of the molecule is O=C1NC(Cc2ccccc2)C(=O)N1Cc1ccccc1OC(F)F. The Hall–Kier alpha value is -2.96. The topological polar surface area (TPSA) is 58.6 Å². The first-order chi connectivity index (χ1) is 12.0. The van der Waals surface area contributed by atoms with Gasteiger partial charge in [0.2, 0.25) is 0 Å². The monoisotopic (exact) mass is 346 g/mol. The molecule has 1 heterocycles. The van der Waals surface area contributed by atoms with Gasteiger partial charge in [0.05, 0.1) is 6.54 Å². The second-order valence-electron chi connectivity index (χ2n) is 5.60. The van der Waals surface area contributed by atoms with Crippen molar-refractivity contribution in [1.29, 1.82) is 0 Å². The minimum atomic E-state index is -2.98. The second kappa shape index (κ2) is 7.29. The van der Waals surface area contributed by atoms with Gasteiger partial charge < -0.3 is 10.1 Å². The van der Waals surface area contributed by atoms with Crippen LogP contribution in [0.15, 0.2) is 54.6 Å². The number of ether oxygens (including phenoxy) is 1. The first-order valence-electron chi connectivity index (χ1n) is 7.73. The molecule has 0 saturated carbocycles. The Kier molecular flexibility index (Phi) is 4.92. The summed E-state index contributed by atoms with van der Waals surface area (Å²) in [6.45, 7) is -3.10. The molecule has 130 valence electrons. The van der Waals surface area contributed by atoms with Crippen LogP contribution in [-0.2, 0) is 17.8 Å². The van der Waals surface area contributed by atoms with Crippen molar-refractivity contribution in [3.05, 3.63) is 65.7 Å². The number of rotatable bonds is 6. The average Bonchev–Trinajstić information content (AvgIpc) is 2.84. The van der Waals surface area contributed by atoms with Gasteiger partial charge in [-0.2, -0.15) is 8.78 Å². The molecule has 2 aromatic carbocycles. The maximum atomic E-state index is 12.5. The van der Waals surface area contributed by atoms with Crippen LogP contribution >= 0.6 is 0 Å². The lowest BCUT2D eigenvalue weighted by Crippen LogP contribution is -2.32. The van der Waals surface area contributed by atoms with E-state index in [0.717, 1.165) is 10.5 Å². The number of alkyl halides is 2. The molecule has 7 heteroatoms. The molecule has 0 aliphatic carbocycles. The van der Waals surface area contributed by atoms with Crippen LogP contribution < -0.4 is 10.1 Å². The van der Waals surface area contributed by atoms with E-state index < -0.39 is 18.7 Å². The zero-order valence-corrected chi connectivity index (χ0v) is 13.2. The van der Waals surface area contributed by atoms with Gasteiger partial charge in [-0.1, -0.05) is 48.5 Å². The summed E-state index contributed by atoms with van der Waals surface area (Å²) >= 11 is 0. The van der Waals surface area contributed by atoms with Gasteiger partial charge in [-0.3, -0.25) is 9.69 Å². The zero-order chi connectivity index (χ0) is 17.8. The Bertz CT molecular complexity index is 768. The molecule has 1 aliphatic heterocycles. The number of imide groups is 1. The van der Waals surface area contributed by atoms with Crippen molar-refractivity contribution in [1.82, 2.24) is 10.2 Å². The molecule has 2 aromatic rings. The van der Waals surface area contributed by atoms with Gasteiger partial charge in [-0.25, -0.2) is 4.79 Å². The van der Waals surface area contributed by atoms with Gasteiger partial charge in [0.25, 0.3) is 5.91 Å². The highest BCUT2D eigenvalue weighted by Crippen LogP contribution is 2.24. The summed E-state index contributed by atoms with van der Waals surface area (Å²) in [6.07, 6.45) is 0.372. The fourth-order valence-corrected chi connectivity index (χ4v) is 2.73. The van der Waals surface area contributed by atoms with E-state index in [2.05, 4.69) is 10.1 Å². The van der Waals surface area contributed by atoms with E-state index in [9.17, 15) is 18.4 Å². The third-order valence-electron chi connectivity index (χ3n) is 3.91. The highest BCUT2D eigenvalue weighted by molar-refractivity contribution is 6.04. The molecular weight excluding hydrogens is 330 g/mol. The van der Waals surface area contributed by atoms with Gasteiger partial charge in [0.1, 0.15) is 11.8 Å².